The van der Waals surface area contributed by atoms with Crippen molar-refractivity contribution in [1.82, 2.24) is 4.90 Å². The van der Waals surface area contributed by atoms with Crippen LogP contribution >= 0.6 is 35.0 Å². The third-order valence-corrected chi connectivity index (χ3v) is 4.63. The summed E-state index contributed by atoms with van der Waals surface area (Å²) >= 11 is 14.1. The van der Waals surface area contributed by atoms with Crippen LogP contribution in [0.2, 0.25) is 10.0 Å². The third-order valence-electron chi connectivity index (χ3n) is 2.87. The van der Waals surface area contributed by atoms with Crippen LogP contribution in [0.25, 0.3) is 0 Å². The van der Waals surface area contributed by atoms with Crippen LogP contribution in [0, 0.1) is 0 Å². The quantitative estimate of drug-likeness (QED) is 0.845. The normalized spacial score (nSPS) is 21.7. The Morgan fingerprint density at radius 1 is 1.41 bits per heavy atom. The molecule has 1 aromatic carbocycles. The molecule has 0 aromatic heterocycles. The van der Waals surface area contributed by atoms with Crippen molar-refractivity contribution < 1.29 is 0 Å². The maximum atomic E-state index is 6.03. The molecular weight excluding hydrogens is 275 g/mol. The summed E-state index contributed by atoms with van der Waals surface area (Å²) in [5.41, 5.74) is 7.33. The molecule has 1 unspecified atom stereocenters. The van der Waals surface area contributed by atoms with Gasteiger partial charge in [0.2, 0.25) is 0 Å². The first kappa shape index (κ1) is 13.3. The summed E-state index contributed by atoms with van der Waals surface area (Å²) in [6, 6.07) is 3.82. The molecule has 2 nitrogen and oxygen atoms in total. The van der Waals surface area contributed by atoms with Gasteiger partial charge in [0, 0.05) is 30.6 Å². The first-order chi connectivity index (χ1) is 8.06. The zero-order valence-corrected chi connectivity index (χ0v) is 12.1. The molecule has 1 aliphatic heterocycles. The zero-order chi connectivity index (χ0) is 12.4. The predicted molar refractivity (Wildman–Crippen MR) is 78.1 cm³/mol. The van der Waals surface area contributed by atoms with Gasteiger partial charge in [-0.25, -0.2) is 0 Å². The van der Waals surface area contributed by atoms with Gasteiger partial charge >= 0.3 is 0 Å². The minimum absolute atomic E-state index is 0.472. The number of hydrogen-bond donors (Lipinski definition) is 1. The minimum Gasteiger partial charge on any atom is -0.396 e. The largest absolute Gasteiger partial charge is 0.396 e. The molecule has 1 saturated heterocycles. The van der Waals surface area contributed by atoms with E-state index in [1.54, 1.807) is 0 Å². The highest BCUT2D eigenvalue weighted by Crippen LogP contribution is 2.30. The SMILES string of the molecule is CC1CN(Cc2cc(Cl)c(N)c(Cl)c2)CCS1. The molecule has 1 atom stereocenters. The second-order valence-electron chi connectivity index (χ2n) is 4.39. The number of halogens is 2. The summed E-state index contributed by atoms with van der Waals surface area (Å²) < 4.78 is 0. The molecule has 1 aromatic rings. The highest BCUT2D eigenvalue weighted by atomic mass is 35.5. The number of rotatable bonds is 2. The van der Waals surface area contributed by atoms with Crippen molar-refractivity contribution in [2.75, 3.05) is 24.6 Å². The monoisotopic (exact) mass is 290 g/mol. The molecule has 0 bridgehead atoms. The molecule has 1 heterocycles. The number of thioether (sulfide) groups is 1. The Kier molecular flexibility index (Phi) is 4.47. The average Bonchev–Trinajstić information content (AvgIpc) is 2.26. The van der Waals surface area contributed by atoms with E-state index in [0.29, 0.717) is 21.0 Å². The number of benzene rings is 1. The lowest BCUT2D eigenvalue weighted by molar-refractivity contribution is 0.278. The lowest BCUT2D eigenvalue weighted by Gasteiger charge is -2.30. The van der Waals surface area contributed by atoms with E-state index in [1.165, 1.54) is 5.75 Å². The topological polar surface area (TPSA) is 29.3 Å². The maximum Gasteiger partial charge on any atom is 0.0693 e. The summed E-state index contributed by atoms with van der Waals surface area (Å²) in [5.74, 6) is 1.19. The van der Waals surface area contributed by atoms with Crippen molar-refractivity contribution in [2.24, 2.45) is 0 Å². The lowest BCUT2D eigenvalue weighted by Crippen LogP contribution is -2.36. The fourth-order valence-corrected chi connectivity index (χ4v) is 3.63. The molecule has 2 N–H and O–H groups in total. The fraction of sp³-hybridized carbons (Fsp3) is 0.500. The van der Waals surface area contributed by atoms with Crippen LogP contribution < -0.4 is 5.73 Å². The molecule has 0 amide bonds. The van der Waals surface area contributed by atoms with Gasteiger partial charge in [0.15, 0.2) is 0 Å². The Labute approximate surface area is 116 Å². The molecule has 1 aliphatic rings. The first-order valence-corrected chi connectivity index (χ1v) is 7.44. The lowest BCUT2D eigenvalue weighted by atomic mass is 10.2. The Morgan fingerprint density at radius 3 is 2.65 bits per heavy atom. The molecule has 5 heteroatoms. The summed E-state index contributed by atoms with van der Waals surface area (Å²) in [7, 11) is 0. The molecule has 0 spiro atoms. The van der Waals surface area contributed by atoms with E-state index < -0.39 is 0 Å². The van der Waals surface area contributed by atoms with Gasteiger partial charge in [-0.3, -0.25) is 4.90 Å². The van der Waals surface area contributed by atoms with Crippen LogP contribution in [-0.4, -0.2) is 29.0 Å². The Hall–Kier alpha value is -0.0900. The Balaban J connectivity index is 2.08. The number of nitrogens with two attached hydrogens (primary N) is 1. The molecule has 94 valence electrons. The van der Waals surface area contributed by atoms with Gasteiger partial charge in [0.05, 0.1) is 15.7 Å². The van der Waals surface area contributed by atoms with E-state index in [1.807, 2.05) is 23.9 Å². The summed E-state index contributed by atoms with van der Waals surface area (Å²) in [6.45, 7) is 5.39. The van der Waals surface area contributed by atoms with Gasteiger partial charge < -0.3 is 5.73 Å². The Bertz CT molecular complexity index is 388. The van der Waals surface area contributed by atoms with Gasteiger partial charge in [0.25, 0.3) is 0 Å². The van der Waals surface area contributed by atoms with Crippen molar-refractivity contribution in [1.29, 1.82) is 0 Å². The highest BCUT2D eigenvalue weighted by Gasteiger charge is 2.17. The van der Waals surface area contributed by atoms with Crippen molar-refractivity contribution in [3.8, 4) is 0 Å². The summed E-state index contributed by atoms with van der Waals surface area (Å²) in [6.07, 6.45) is 0. The summed E-state index contributed by atoms with van der Waals surface area (Å²) in [4.78, 5) is 2.43. The summed E-state index contributed by atoms with van der Waals surface area (Å²) in [5, 5.41) is 1.79. The van der Waals surface area contributed by atoms with Crippen molar-refractivity contribution >= 4 is 40.7 Å². The number of hydrogen-bond acceptors (Lipinski definition) is 3. The zero-order valence-electron chi connectivity index (χ0n) is 9.75. The molecule has 0 aliphatic carbocycles. The van der Waals surface area contributed by atoms with E-state index in [-0.39, 0.29) is 0 Å². The van der Waals surface area contributed by atoms with E-state index in [2.05, 4.69) is 11.8 Å². The Morgan fingerprint density at radius 2 is 2.06 bits per heavy atom. The van der Waals surface area contributed by atoms with Crippen LogP contribution in [0.4, 0.5) is 5.69 Å². The van der Waals surface area contributed by atoms with Crippen molar-refractivity contribution in [3.05, 3.63) is 27.7 Å². The van der Waals surface area contributed by atoms with E-state index >= 15 is 0 Å². The highest BCUT2D eigenvalue weighted by molar-refractivity contribution is 7.99. The van der Waals surface area contributed by atoms with Crippen LogP contribution in [0.5, 0.6) is 0 Å². The van der Waals surface area contributed by atoms with Crippen molar-refractivity contribution in [2.45, 2.75) is 18.7 Å². The van der Waals surface area contributed by atoms with Gasteiger partial charge in [-0.2, -0.15) is 11.8 Å². The van der Waals surface area contributed by atoms with Crippen LogP contribution in [0.3, 0.4) is 0 Å². The molecule has 0 saturated carbocycles. The van der Waals surface area contributed by atoms with Gasteiger partial charge in [-0.1, -0.05) is 30.1 Å². The standard InChI is InChI=1S/C12H16Cl2N2S/c1-8-6-16(2-3-17-8)7-9-4-10(13)12(15)11(14)5-9/h4-5,8H,2-3,6-7,15H2,1H3. The van der Waals surface area contributed by atoms with E-state index in [9.17, 15) is 0 Å². The maximum absolute atomic E-state index is 6.03. The average molecular weight is 291 g/mol. The van der Waals surface area contributed by atoms with Gasteiger partial charge in [-0.05, 0) is 17.7 Å². The molecule has 1 fully saturated rings. The van der Waals surface area contributed by atoms with E-state index in [4.69, 9.17) is 28.9 Å². The second kappa shape index (κ2) is 5.70. The molecular formula is C12H16Cl2N2S. The second-order valence-corrected chi connectivity index (χ2v) is 6.75. The fourth-order valence-electron chi connectivity index (χ4n) is 2.02. The smallest absolute Gasteiger partial charge is 0.0693 e. The molecule has 0 radical (unpaired) electrons. The predicted octanol–water partition coefficient (Wildman–Crippen LogP) is 3.51. The number of nitrogens with zero attached hydrogens (tertiary/aromatic N) is 1. The van der Waals surface area contributed by atoms with Crippen LogP contribution in [0.1, 0.15) is 12.5 Å². The molecule has 2 rings (SSSR count). The van der Waals surface area contributed by atoms with Crippen LogP contribution in [-0.2, 0) is 6.54 Å². The van der Waals surface area contributed by atoms with Gasteiger partial charge in [-0.15, -0.1) is 0 Å². The molecule has 17 heavy (non-hydrogen) atoms. The number of anilines is 1. The van der Waals surface area contributed by atoms with E-state index in [0.717, 1.165) is 25.2 Å². The van der Waals surface area contributed by atoms with Crippen molar-refractivity contribution in [3.63, 3.8) is 0 Å². The first-order valence-electron chi connectivity index (χ1n) is 5.63. The minimum atomic E-state index is 0.472. The third kappa shape index (κ3) is 3.44. The number of nitrogen functional groups attached to an aromatic ring is 1. The van der Waals surface area contributed by atoms with Gasteiger partial charge in [0.1, 0.15) is 0 Å². The van der Waals surface area contributed by atoms with Crippen LogP contribution in [0.15, 0.2) is 12.1 Å².